The monoisotopic (exact) mass is 400 g/mol. The Morgan fingerprint density at radius 1 is 1.12 bits per heavy atom. The zero-order valence-electron chi connectivity index (χ0n) is 14.0. The molecule has 1 N–H and O–H groups in total. The van der Waals surface area contributed by atoms with Crippen molar-refractivity contribution in [2.24, 2.45) is 0 Å². The van der Waals surface area contributed by atoms with Gasteiger partial charge in [-0.15, -0.1) is 0 Å². The van der Waals surface area contributed by atoms with E-state index in [4.69, 9.17) is 0 Å². The summed E-state index contributed by atoms with van der Waals surface area (Å²) in [6.07, 6.45) is 2.35. The van der Waals surface area contributed by atoms with E-state index < -0.39 is 6.04 Å². The molecule has 2 aromatic carbocycles. The molecule has 4 nitrogen and oxygen atoms in total. The highest BCUT2D eigenvalue weighted by atomic mass is 79.9. The first-order valence-electron chi connectivity index (χ1n) is 8.52. The Morgan fingerprint density at radius 2 is 1.92 bits per heavy atom. The minimum Gasteiger partial charge on any atom is -0.350 e. The number of nitrogens with zero attached hydrogens (tertiary/aromatic N) is 1. The first-order chi connectivity index (χ1) is 12.1. The highest BCUT2D eigenvalue weighted by Crippen LogP contribution is 2.26. The van der Waals surface area contributed by atoms with Gasteiger partial charge in [0.2, 0.25) is 11.8 Å². The molecular weight excluding hydrogens is 380 g/mol. The lowest BCUT2D eigenvalue weighted by Gasteiger charge is -2.34. The van der Waals surface area contributed by atoms with Crippen molar-refractivity contribution in [3.63, 3.8) is 0 Å². The van der Waals surface area contributed by atoms with Gasteiger partial charge in [0.15, 0.2) is 0 Å². The van der Waals surface area contributed by atoms with Crippen LogP contribution in [0, 0.1) is 0 Å². The Bertz CT molecular complexity index is 748. The number of benzene rings is 2. The zero-order valence-corrected chi connectivity index (χ0v) is 15.5. The van der Waals surface area contributed by atoms with Gasteiger partial charge in [-0.3, -0.25) is 9.59 Å². The number of halogens is 1. The Kier molecular flexibility index (Phi) is 5.87. The number of likely N-dealkylation sites (tertiary alicyclic amines) is 1. The van der Waals surface area contributed by atoms with Crippen LogP contribution >= 0.6 is 15.9 Å². The number of carbonyl (C=O) groups excluding carboxylic acids is 2. The van der Waals surface area contributed by atoms with E-state index >= 15 is 0 Å². The summed E-state index contributed by atoms with van der Waals surface area (Å²) in [6.45, 7) is 1.06. The van der Waals surface area contributed by atoms with Crippen LogP contribution in [-0.2, 0) is 16.1 Å². The van der Waals surface area contributed by atoms with E-state index in [9.17, 15) is 9.59 Å². The van der Waals surface area contributed by atoms with Gasteiger partial charge in [0.25, 0.3) is 0 Å². The van der Waals surface area contributed by atoms with Crippen LogP contribution in [0.5, 0.6) is 0 Å². The predicted octanol–water partition coefficient (Wildman–Crippen LogP) is 3.82. The molecule has 2 aromatic rings. The van der Waals surface area contributed by atoms with Crippen LogP contribution in [0.2, 0.25) is 0 Å². The fourth-order valence-electron chi connectivity index (χ4n) is 3.14. The maximum Gasteiger partial charge on any atom is 0.247 e. The first-order valence-corrected chi connectivity index (χ1v) is 9.31. The molecule has 1 fully saturated rings. The fraction of sp³-hybridized carbons (Fsp3) is 0.300. The summed E-state index contributed by atoms with van der Waals surface area (Å²) in [4.78, 5) is 27.0. The van der Waals surface area contributed by atoms with Gasteiger partial charge in [-0.1, -0.05) is 58.4 Å². The second-order valence-corrected chi connectivity index (χ2v) is 7.12. The second kappa shape index (κ2) is 8.30. The summed E-state index contributed by atoms with van der Waals surface area (Å²) in [5.74, 6) is -0.0841. The minimum absolute atomic E-state index is 0.0534. The number of hydrogen-bond donors (Lipinski definition) is 1. The molecule has 2 amide bonds. The third-order valence-electron chi connectivity index (χ3n) is 4.39. The van der Waals surface area contributed by atoms with E-state index in [1.165, 1.54) is 0 Å². The standard InChI is InChI=1S/C20H21BrN2O2/c21-17-10-6-7-15(13-17)14-22-20(25)19(16-8-2-1-3-9-16)23-12-5-4-11-18(23)24/h1-3,6-10,13,19H,4-5,11-12,14H2,(H,22,25). The lowest BCUT2D eigenvalue weighted by molar-refractivity contribution is -0.142. The van der Waals surface area contributed by atoms with Crippen LogP contribution in [-0.4, -0.2) is 23.3 Å². The zero-order chi connectivity index (χ0) is 17.6. The van der Waals surface area contributed by atoms with Crippen molar-refractivity contribution in [1.29, 1.82) is 0 Å². The van der Waals surface area contributed by atoms with Crippen molar-refractivity contribution in [2.75, 3.05) is 6.54 Å². The number of piperidine rings is 1. The van der Waals surface area contributed by atoms with E-state index in [-0.39, 0.29) is 11.8 Å². The molecule has 1 heterocycles. The largest absolute Gasteiger partial charge is 0.350 e. The number of nitrogens with one attached hydrogen (secondary N) is 1. The molecule has 25 heavy (non-hydrogen) atoms. The number of amides is 2. The van der Waals surface area contributed by atoms with Gasteiger partial charge in [0.05, 0.1) is 0 Å². The first kappa shape index (κ1) is 17.7. The van der Waals surface area contributed by atoms with Crippen LogP contribution in [0.25, 0.3) is 0 Å². The SMILES string of the molecule is O=C(NCc1cccc(Br)c1)C(c1ccccc1)N1CCCCC1=O. The molecule has 1 atom stereocenters. The Morgan fingerprint density at radius 3 is 2.64 bits per heavy atom. The van der Waals surface area contributed by atoms with Gasteiger partial charge in [0, 0.05) is 24.0 Å². The molecule has 0 bridgehead atoms. The van der Waals surface area contributed by atoms with Crippen molar-refractivity contribution in [3.05, 3.63) is 70.2 Å². The normalized spacial score (nSPS) is 15.7. The Balaban J connectivity index is 1.78. The molecule has 1 unspecified atom stereocenters. The molecule has 1 saturated heterocycles. The molecule has 0 aromatic heterocycles. The molecule has 3 rings (SSSR count). The Hall–Kier alpha value is -2.14. The molecule has 0 saturated carbocycles. The summed E-state index contributed by atoms with van der Waals surface area (Å²) < 4.78 is 0.977. The van der Waals surface area contributed by atoms with Crippen LogP contribution in [0.3, 0.4) is 0 Å². The minimum atomic E-state index is -0.568. The van der Waals surface area contributed by atoms with Gasteiger partial charge in [-0.25, -0.2) is 0 Å². The third kappa shape index (κ3) is 4.48. The molecule has 130 valence electrons. The van der Waals surface area contributed by atoms with E-state index in [2.05, 4.69) is 21.2 Å². The van der Waals surface area contributed by atoms with E-state index in [0.29, 0.717) is 19.5 Å². The van der Waals surface area contributed by atoms with Gasteiger partial charge >= 0.3 is 0 Å². The van der Waals surface area contributed by atoms with Gasteiger partial charge < -0.3 is 10.2 Å². The lowest BCUT2D eigenvalue weighted by Crippen LogP contribution is -2.45. The maximum atomic E-state index is 12.9. The summed E-state index contributed by atoms with van der Waals surface area (Å²) in [5.41, 5.74) is 1.86. The van der Waals surface area contributed by atoms with Crippen molar-refractivity contribution in [1.82, 2.24) is 10.2 Å². The summed E-state index contributed by atoms with van der Waals surface area (Å²) in [7, 11) is 0. The summed E-state index contributed by atoms with van der Waals surface area (Å²) >= 11 is 3.44. The van der Waals surface area contributed by atoms with E-state index in [1.807, 2.05) is 54.6 Å². The molecule has 0 spiro atoms. The van der Waals surface area contributed by atoms with Gasteiger partial charge in [-0.2, -0.15) is 0 Å². The summed E-state index contributed by atoms with van der Waals surface area (Å²) in [5, 5.41) is 2.99. The number of rotatable bonds is 5. The Labute approximate surface area is 156 Å². The quantitative estimate of drug-likeness (QED) is 0.828. The van der Waals surface area contributed by atoms with Gasteiger partial charge in [-0.05, 0) is 36.1 Å². The molecular formula is C20H21BrN2O2. The molecule has 1 aliphatic rings. The smallest absolute Gasteiger partial charge is 0.247 e. The molecule has 0 radical (unpaired) electrons. The maximum absolute atomic E-state index is 12.9. The highest BCUT2D eigenvalue weighted by Gasteiger charge is 2.32. The van der Waals surface area contributed by atoms with Crippen molar-refractivity contribution >= 4 is 27.7 Å². The number of carbonyl (C=O) groups is 2. The van der Waals surface area contributed by atoms with Crippen LogP contribution < -0.4 is 5.32 Å². The fourth-order valence-corrected chi connectivity index (χ4v) is 3.59. The van der Waals surface area contributed by atoms with Crippen molar-refractivity contribution in [3.8, 4) is 0 Å². The average Bonchev–Trinajstić information content (AvgIpc) is 2.63. The van der Waals surface area contributed by atoms with Crippen LogP contribution in [0.4, 0.5) is 0 Å². The van der Waals surface area contributed by atoms with Crippen LogP contribution in [0.1, 0.15) is 36.4 Å². The van der Waals surface area contributed by atoms with Crippen molar-refractivity contribution in [2.45, 2.75) is 31.8 Å². The predicted molar refractivity (Wildman–Crippen MR) is 101 cm³/mol. The van der Waals surface area contributed by atoms with E-state index in [0.717, 1.165) is 28.4 Å². The molecule has 1 aliphatic heterocycles. The lowest BCUT2D eigenvalue weighted by atomic mass is 10.0. The summed E-state index contributed by atoms with van der Waals surface area (Å²) in [6, 6.07) is 16.8. The third-order valence-corrected chi connectivity index (χ3v) is 4.88. The topological polar surface area (TPSA) is 49.4 Å². The number of hydrogen-bond acceptors (Lipinski definition) is 2. The molecule has 5 heteroatoms. The molecule has 0 aliphatic carbocycles. The van der Waals surface area contributed by atoms with E-state index in [1.54, 1.807) is 4.90 Å². The van der Waals surface area contributed by atoms with Gasteiger partial charge in [0.1, 0.15) is 6.04 Å². The average molecular weight is 401 g/mol. The second-order valence-electron chi connectivity index (χ2n) is 6.21. The van der Waals surface area contributed by atoms with Crippen molar-refractivity contribution < 1.29 is 9.59 Å². The highest BCUT2D eigenvalue weighted by molar-refractivity contribution is 9.10. The van der Waals surface area contributed by atoms with Crippen LogP contribution in [0.15, 0.2) is 59.1 Å².